The first-order valence-corrected chi connectivity index (χ1v) is 5.74. The monoisotopic (exact) mass is 254 g/mol. The highest BCUT2D eigenvalue weighted by Crippen LogP contribution is 2.33. The van der Waals surface area contributed by atoms with Crippen molar-refractivity contribution >= 4 is 11.5 Å². The Morgan fingerprint density at radius 1 is 1.11 bits per heavy atom. The van der Waals surface area contributed by atoms with Gasteiger partial charge in [-0.05, 0) is 12.1 Å². The molecule has 94 valence electrons. The molecular formula is C13H10N4O2. The molecule has 19 heavy (non-hydrogen) atoms. The maximum atomic E-state index is 8.78. The van der Waals surface area contributed by atoms with Gasteiger partial charge in [0, 0.05) is 17.8 Å². The highest BCUT2D eigenvalue weighted by Gasteiger charge is 2.11. The van der Waals surface area contributed by atoms with Gasteiger partial charge in [0.25, 0.3) is 0 Å². The highest BCUT2D eigenvalue weighted by atomic mass is 16.6. The summed E-state index contributed by atoms with van der Waals surface area (Å²) in [5, 5.41) is 11.9. The minimum Gasteiger partial charge on any atom is -0.486 e. The van der Waals surface area contributed by atoms with Gasteiger partial charge in [-0.15, -0.1) is 0 Å². The van der Waals surface area contributed by atoms with E-state index >= 15 is 0 Å². The molecule has 0 atom stereocenters. The van der Waals surface area contributed by atoms with Crippen LogP contribution in [-0.4, -0.2) is 23.2 Å². The van der Waals surface area contributed by atoms with Crippen LogP contribution in [-0.2, 0) is 0 Å². The quantitative estimate of drug-likeness (QED) is 0.881. The Kier molecular flexibility index (Phi) is 2.86. The third kappa shape index (κ3) is 2.40. The molecule has 1 N–H and O–H groups in total. The van der Waals surface area contributed by atoms with Gasteiger partial charge in [-0.3, -0.25) is 0 Å². The molecule has 2 heterocycles. The van der Waals surface area contributed by atoms with E-state index in [2.05, 4.69) is 15.3 Å². The number of aromatic nitrogens is 2. The van der Waals surface area contributed by atoms with Crippen LogP contribution < -0.4 is 14.8 Å². The Morgan fingerprint density at radius 3 is 2.79 bits per heavy atom. The summed E-state index contributed by atoms with van der Waals surface area (Å²) in [6.45, 7) is 1.11. The number of hydrogen-bond acceptors (Lipinski definition) is 6. The standard InChI is InChI=1S/C13H10N4O2/c14-7-10-6-13(16-8-15-10)17-9-1-2-11-12(5-9)19-4-3-18-11/h1-2,5-6,8H,3-4H2,(H,15,16,17). The number of benzene rings is 1. The summed E-state index contributed by atoms with van der Waals surface area (Å²) in [4.78, 5) is 7.86. The van der Waals surface area contributed by atoms with E-state index in [1.807, 2.05) is 24.3 Å². The van der Waals surface area contributed by atoms with Gasteiger partial charge in [-0.2, -0.15) is 5.26 Å². The van der Waals surface area contributed by atoms with Gasteiger partial charge in [0.2, 0.25) is 0 Å². The normalized spacial score (nSPS) is 12.6. The maximum absolute atomic E-state index is 8.78. The fraction of sp³-hybridized carbons (Fsp3) is 0.154. The minimum atomic E-state index is 0.315. The van der Waals surface area contributed by atoms with Crippen molar-refractivity contribution in [3.05, 3.63) is 36.3 Å². The van der Waals surface area contributed by atoms with Crippen LogP contribution in [0.2, 0.25) is 0 Å². The molecular weight excluding hydrogens is 244 g/mol. The largest absolute Gasteiger partial charge is 0.486 e. The van der Waals surface area contributed by atoms with Gasteiger partial charge in [0.1, 0.15) is 37.1 Å². The lowest BCUT2D eigenvalue weighted by molar-refractivity contribution is 0.171. The zero-order valence-corrected chi connectivity index (χ0v) is 9.96. The van der Waals surface area contributed by atoms with Crippen LogP contribution in [0.1, 0.15) is 5.69 Å². The van der Waals surface area contributed by atoms with Crippen molar-refractivity contribution < 1.29 is 9.47 Å². The zero-order valence-electron chi connectivity index (χ0n) is 9.96. The van der Waals surface area contributed by atoms with Gasteiger partial charge in [0.05, 0.1) is 0 Å². The van der Waals surface area contributed by atoms with E-state index in [0.717, 1.165) is 11.4 Å². The van der Waals surface area contributed by atoms with Gasteiger partial charge in [0.15, 0.2) is 11.5 Å². The van der Waals surface area contributed by atoms with Crippen LogP contribution >= 0.6 is 0 Å². The van der Waals surface area contributed by atoms with Crippen molar-refractivity contribution in [3.63, 3.8) is 0 Å². The molecule has 1 aromatic heterocycles. The Morgan fingerprint density at radius 2 is 1.95 bits per heavy atom. The smallest absolute Gasteiger partial charge is 0.163 e. The molecule has 0 fully saturated rings. The lowest BCUT2D eigenvalue weighted by atomic mass is 10.2. The lowest BCUT2D eigenvalue weighted by Gasteiger charge is -2.19. The average Bonchev–Trinajstić information content (AvgIpc) is 2.47. The van der Waals surface area contributed by atoms with E-state index in [0.29, 0.717) is 30.5 Å². The number of nitrogens with zero attached hydrogens (tertiary/aromatic N) is 3. The first-order chi connectivity index (χ1) is 9.35. The summed E-state index contributed by atoms with van der Waals surface area (Å²) in [5.74, 6) is 1.99. The minimum absolute atomic E-state index is 0.315. The summed E-state index contributed by atoms with van der Waals surface area (Å²) < 4.78 is 10.9. The SMILES string of the molecule is N#Cc1cc(Nc2ccc3c(c2)OCCO3)ncn1. The zero-order chi connectivity index (χ0) is 13.1. The molecule has 1 aliphatic rings. The van der Waals surface area contributed by atoms with Crippen molar-refractivity contribution in [2.75, 3.05) is 18.5 Å². The van der Waals surface area contributed by atoms with Crippen LogP contribution in [0.5, 0.6) is 11.5 Å². The molecule has 0 unspecified atom stereocenters. The van der Waals surface area contributed by atoms with E-state index in [1.165, 1.54) is 6.33 Å². The summed E-state index contributed by atoms with van der Waals surface area (Å²) >= 11 is 0. The van der Waals surface area contributed by atoms with Crippen LogP contribution in [0.3, 0.4) is 0 Å². The van der Waals surface area contributed by atoms with E-state index in [-0.39, 0.29) is 0 Å². The second-order valence-electron chi connectivity index (χ2n) is 3.88. The van der Waals surface area contributed by atoms with E-state index in [4.69, 9.17) is 14.7 Å². The van der Waals surface area contributed by atoms with Gasteiger partial charge < -0.3 is 14.8 Å². The summed E-state index contributed by atoms with van der Waals surface area (Å²) in [6, 6.07) is 9.08. The summed E-state index contributed by atoms with van der Waals surface area (Å²) in [6.07, 6.45) is 1.35. The second-order valence-corrected chi connectivity index (χ2v) is 3.88. The van der Waals surface area contributed by atoms with Gasteiger partial charge in [-0.1, -0.05) is 0 Å². The van der Waals surface area contributed by atoms with Crippen molar-refractivity contribution in [3.8, 4) is 17.6 Å². The Balaban J connectivity index is 1.85. The highest BCUT2D eigenvalue weighted by molar-refractivity contribution is 5.61. The molecule has 0 bridgehead atoms. The molecule has 6 nitrogen and oxygen atoms in total. The van der Waals surface area contributed by atoms with Crippen molar-refractivity contribution in [2.24, 2.45) is 0 Å². The Hall–Kier alpha value is -2.81. The third-order valence-corrected chi connectivity index (χ3v) is 2.60. The molecule has 0 saturated carbocycles. The predicted octanol–water partition coefficient (Wildman–Crippen LogP) is 1.86. The molecule has 0 amide bonds. The first-order valence-electron chi connectivity index (χ1n) is 5.74. The number of ether oxygens (including phenoxy) is 2. The molecule has 3 rings (SSSR count). The van der Waals surface area contributed by atoms with Crippen molar-refractivity contribution in [1.82, 2.24) is 9.97 Å². The number of anilines is 2. The van der Waals surface area contributed by atoms with E-state index in [9.17, 15) is 0 Å². The Labute approximate surface area is 109 Å². The first kappa shape index (κ1) is 11.3. The molecule has 6 heteroatoms. The molecule has 0 aliphatic carbocycles. The fourth-order valence-electron chi connectivity index (χ4n) is 1.76. The maximum Gasteiger partial charge on any atom is 0.163 e. The van der Waals surface area contributed by atoms with Crippen LogP contribution in [0.4, 0.5) is 11.5 Å². The molecule has 1 aliphatic heterocycles. The van der Waals surface area contributed by atoms with Gasteiger partial charge in [-0.25, -0.2) is 9.97 Å². The molecule has 0 radical (unpaired) electrons. The number of rotatable bonds is 2. The van der Waals surface area contributed by atoms with Crippen LogP contribution in [0.25, 0.3) is 0 Å². The van der Waals surface area contributed by atoms with Crippen molar-refractivity contribution in [1.29, 1.82) is 5.26 Å². The summed E-state index contributed by atoms with van der Waals surface area (Å²) in [5.41, 5.74) is 1.13. The Bertz CT molecular complexity index is 651. The summed E-state index contributed by atoms with van der Waals surface area (Å²) in [7, 11) is 0. The molecule has 1 aromatic carbocycles. The predicted molar refractivity (Wildman–Crippen MR) is 67.5 cm³/mol. The lowest BCUT2D eigenvalue weighted by Crippen LogP contribution is -2.15. The topological polar surface area (TPSA) is 80.1 Å². The average molecular weight is 254 g/mol. The van der Waals surface area contributed by atoms with Crippen LogP contribution in [0, 0.1) is 11.3 Å². The van der Waals surface area contributed by atoms with Gasteiger partial charge >= 0.3 is 0 Å². The molecule has 2 aromatic rings. The number of hydrogen-bond donors (Lipinski definition) is 1. The van der Waals surface area contributed by atoms with Crippen molar-refractivity contribution in [2.45, 2.75) is 0 Å². The van der Waals surface area contributed by atoms with E-state index in [1.54, 1.807) is 6.07 Å². The third-order valence-electron chi connectivity index (χ3n) is 2.60. The van der Waals surface area contributed by atoms with E-state index < -0.39 is 0 Å². The number of fused-ring (bicyclic) bond motifs is 1. The number of nitrogens with one attached hydrogen (secondary N) is 1. The second kappa shape index (κ2) is 4.82. The fourth-order valence-corrected chi connectivity index (χ4v) is 1.76. The number of nitriles is 1. The molecule has 0 spiro atoms. The van der Waals surface area contributed by atoms with Crippen LogP contribution in [0.15, 0.2) is 30.6 Å². The molecule has 0 saturated heterocycles.